The van der Waals surface area contributed by atoms with Gasteiger partial charge in [-0.15, -0.1) is 0 Å². The molecule has 0 fully saturated rings. The molecule has 0 saturated carbocycles. The molecule has 0 heterocycles. The highest BCUT2D eigenvalue weighted by atomic mass is 16.7. The Balaban J connectivity index is 3.13. The average Bonchev–Trinajstić information content (AvgIpc) is 2.05. The van der Waals surface area contributed by atoms with Crippen LogP contribution >= 0.6 is 0 Å². The van der Waals surface area contributed by atoms with E-state index in [4.69, 9.17) is 9.47 Å². The predicted octanol–water partition coefficient (Wildman–Crippen LogP) is 2.74. The van der Waals surface area contributed by atoms with Gasteiger partial charge in [0, 0.05) is 6.61 Å². The molecule has 0 aromatic heterocycles. The lowest BCUT2D eigenvalue weighted by Crippen LogP contribution is -2.12. The van der Waals surface area contributed by atoms with E-state index in [9.17, 15) is 0 Å². The van der Waals surface area contributed by atoms with Gasteiger partial charge in [-0.3, -0.25) is 0 Å². The quantitative estimate of drug-likeness (QED) is 0.334. The third-order valence-corrected chi connectivity index (χ3v) is 1.44. The second kappa shape index (κ2) is 8.75. The van der Waals surface area contributed by atoms with Gasteiger partial charge in [-0.1, -0.05) is 19.1 Å². The summed E-state index contributed by atoms with van der Waals surface area (Å²) in [5.74, 6) is 0. The van der Waals surface area contributed by atoms with Gasteiger partial charge in [0.05, 0.1) is 6.61 Å². The normalized spacial score (nSPS) is 13.9. The summed E-state index contributed by atoms with van der Waals surface area (Å²) in [4.78, 5) is 0. The van der Waals surface area contributed by atoms with E-state index in [0.29, 0.717) is 6.61 Å². The molecule has 0 saturated heterocycles. The van der Waals surface area contributed by atoms with Crippen LogP contribution in [-0.2, 0) is 9.47 Å². The minimum Gasteiger partial charge on any atom is -0.353 e. The van der Waals surface area contributed by atoms with Crippen LogP contribution in [0, 0.1) is 0 Å². The molecular weight excluding hydrogens is 152 g/mol. The number of hydrogen-bond donors (Lipinski definition) is 0. The molecule has 0 amide bonds. The van der Waals surface area contributed by atoms with Crippen molar-refractivity contribution in [3.63, 3.8) is 0 Å². The molecule has 0 rings (SSSR count). The average molecular weight is 172 g/mol. The fourth-order valence-corrected chi connectivity index (χ4v) is 0.869. The molecule has 0 bridgehead atoms. The molecule has 72 valence electrons. The monoisotopic (exact) mass is 172 g/mol. The first-order valence-electron chi connectivity index (χ1n) is 4.69. The third kappa shape index (κ3) is 7.76. The summed E-state index contributed by atoms with van der Waals surface area (Å²) in [7, 11) is 0. The van der Waals surface area contributed by atoms with Crippen LogP contribution in [0.4, 0.5) is 0 Å². The van der Waals surface area contributed by atoms with Crippen molar-refractivity contribution >= 4 is 0 Å². The van der Waals surface area contributed by atoms with Crippen molar-refractivity contribution in [3.05, 3.63) is 12.2 Å². The largest absolute Gasteiger partial charge is 0.353 e. The second-order valence-electron chi connectivity index (χ2n) is 2.56. The van der Waals surface area contributed by atoms with Crippen LogP contribution in [0.3, 0.4) is 0 Å². The van der Waals surface area contributed by atoms with Crippen molar-refractivity contribution in [1.82, 2.24) is 0 Å². The molecule has 0 unspecified atom stereocenters. The van der Waals surface area contributed by atoms with E-state index >= 15 is 0 Å². The van der Waals surface area contributed by atoms with Crippen LogP contribution < -0.4 is 0 Å². The molecular formula is C10H20O2. The summed E-state index contributed by atoms with van der Waals surface area (Å²) in [5.41, 5.74) is 0. The standard InChI is InChI=1S/C10H20O2/c1-4-6-7-8-9-12-10(3)11-5-2/h6-7,10H,4-5,8-9H2,1-3H3/b7-6-/t10-/m0/s1. The smallest absolute Gasteiger partial charge is 0.154 e. The summed E-state index contributed by atoms with van der Waals surface area (Å²) in [6, 6.07) is 0. The van der Waals surface area contributed by atoms with E-state index < -0.39 is 0 Å². The van der Waals surface area contributed by atoms with Crippen molar-refractivity contribution in [3.8, 4) is 0 Å². The SMILES string of the molecule is CC/C=C\CCO[C@@H](C)OCC. The zero-order chi connectivity index (χ0) is 9.23. The number of ether oxygens (including phenoxy) is 2. The van der Waals surface area contributed by atoms with E-state index in [-0.39, 0.29) is 6.29 Å². The third-order valence-electron chi connectivity index (χ3n) is 1.44. The molecule has 0 radical (unpaired) electrons. The summed E-state index contributed by atoms with van der Waals surface area (Å²) in [6.07, 6.45) is 6.30. The Hall–Kier alpha value is -0.340. The minimum atomic E-state index is -0.0648. The van der Waals surface area contributed by atoms with Gasteiger partial charge in [0.15, 0.2) is 6.29 Å². The molecule has 12 heavy (non-hydrogen) atoms. The summed E-state index contributed by atoms with van der Waals surface area (Å²) < 4.78 is 10.6. The lowest BCUT2D eigenvalue weighted by molar-refractivity contribution is -0.125. The molecule has 0 aliphatic carbocycles. The Morgan fingerprint density at radius 3 is 2.50 bits per heavy atom. The first-order valence-corrected chi connectivity index (χ1v) is 4.69. The molecule has 0 aliphatic rings. The Labute approximate surface area is 75.6 Å². The molecule has 1 atom stereocenters. The maximum absolute atomic E-state index is 5.36. The van der Waals surface area contributed by atoms with Gasteiger partial charge in [-0.05, 0) is 26.7 Å². The number of hydrogen-bond acceptors (Lipinski definition) is 2. The van der Waals surface area contributed by atoms with Crippen molar-refractivity contribution < 1.29 is 9.47 Å². The Morgan fingerprint density at radius 1 is 1.17 bits per heavy atom. The van der Waals surface area contributed by atoms with E-state index in [1.54, 1.807) is 0 Å². The van der Waals surface area contributed by atoms with Crippen LogP contribution in [0.2, 0.25) is 0 Å². The maximum atomic E-state index is 5.36. The summed E-state index contributed by atoms with van der Waals surface area (Å²) >= 11 is 0. The van der Waals surface area contributed by atoms with E-state index in [1.807, 2.05) is 13.8 Å². The Bertz CT molecular complexity index is 110. The first kappa shape index (κ1) is 11.7. The van der Waals surface area contributed by atoms with Crippen LogP contribution in [-0.4, -0.2) is 19.5 Å². The zero-order valence-electron chi connectivity index (χ0n) is 8.38. The van der Waals surface area contributed by atoms with Crippen molar-refractivity contribution in [2.45, 2.75) is 39.9 Å². The number of allylic oxidation sites excluding steroid dienone is 1. The minimum absolute atomic E-state index is 0.0648. The summed E-state index contributed by atoms with van der Waals surface area (Å²) in [5, 5.41) is 0. The highest BCUT2D eigenvalue weighted by molar-refractivity contribution is 4.79. The lowest BCUT2D eigenvalue weighted by atomic mass is 10.3. The van der Waals surface area contributed by atoms with Crippen molar-refractivity contribution in [2.75, 3.05) is 13.2 Å². The van der Waals surface area contributed by atoms with Gasteiger partial charge >= 0.3 is 0 Å². The van der Waals surface area contributed by atoms with Gasteiger partial charge in [-0.2, -0.15) is 0 Å². The van der Waals surface area contributed by atoms with Crippen molar-refractivity contribution in [2.24, 2.45) is 0 Å². The van der Waals surface area contributed by atoms with Gasteiger partial charge in [0.1, 0.15) is 0 Å². The Kier molecular flexibility index (Phi) is 8.51. The van der Waals surface area contributed by atoms with E-state index in [1.165, 1.54) is 0 Å². The van der Waals surface area contributed by atoms with E-state index in [0.717, 1.165) is 19.4 Å². The second-order valence-corrected chi connectivity index (χ2v) is 2.56. The van der Waals surface area contributed by atoms with Crippen LogP contribution in [0.5, 0.6) is 0 Å². The number of rotatable bonds is 7. The molecule has 0 spiro atoms. The van der Waals surface area contributed by atoms with Gasteiger partial charge in [-0.25, -0.2) is 0 Å². The molecule has 0 aromatic rings. The van der Waals surface area contributed by atoms with Gasteiger partial charge in [0.25, 0.3) is 0 Å². The molecule has 0 aliphatic heterocycles. The topological polar surface area (TPSA) is 18.5 Å². The summed E-state index contributed by atoms with van der Waals surface area (Å²) in [6.45, 7) is 7.48. The van der Waals surface area contributed by atoms with Gasteiger partial charge < -0.3 is 9.47 Å². The highest BCUT2D eigenvalue weighted by Gasteiger charge is 1.97. The molecule has 0 aromatic carbocycles. The fraction of sp³-hybridized carbons (Fsp3) is 0.800. The van der Waals surface area contributed by atoms with Crippen LogP contribution in [0.1, 0.15) is 33.6 Å². The van der Waals surface area contributed by atoms with Crippen LogP contribution in [0.15, 0.2) is 12.2 Å². The molecule has 2 heteroatoms. The maximum Gasteiger partial charge on any atom is 0.154 e. The fourth-order valence-electron chi connectivity index (χ4n) is 0.869. The Morgan fingerprint density at radius 2 is 1.92 bits per heavy atom. The van der Waals surface area contributed by atoms with E-state index in [2.05, 4.69) is 19.1 Å². The zero-order valence-corrected chi connectivity index (χ0v) is 8.38. The lowest BCUT2D eigenvalue weighted by Gasteiger charge is -2.11. The highest BCUT2D eigenvalue weighted by Crippen LogP contribution is 1.95. The molecule has 2 nitrogen and oxygen atoms in total. The van der Waals surface area contributed by atoms with Crippen LogP contribution in [0.25, 0.3) is 0 Å². The molecule has 0 N–H and O–H groups in total. The van der Waals surface area contributed by atoms with Gasteiger partial charge in [0.2, 0.25) is 0 Å². The first-order chi connectivity index (χ1) is 5.81. The van der Waals surface area contributed by atoms with Crippen molar-refractivity contribution in [1.29, 1.82) is 0 Å². The predicted molar refractivity (Wildman–Crippen MR) is 51.1 cm³/mol.